The van der Waals surface area contributed by atoms with Crippen molar-refractivity contribution in [2.75, 3.05) is 13.2 Å². The largest absolute Gasteiger partial charge is 0.395 e. The second-order valence-corrected chi connectivity index (χ2v) is 3.21. The van der Waals surface area contributed by atoms with Gasteiger partial charge in [-0.25, -0.2) is 9.36 Å². The molecule has 0 saturated carbocycles. The average molecular weight is 197 g/mol. The Kier molecular flexibility index (Phi) is 2.22. The molecule has 1 N–H and O–H groups in total. The van der Waals surface area contributed by atoms with Gasteiger partial charge in [0.25, 0.3) is 11.1 Å². The summed E-state index contributed by atoms with van der Waals surface area (Å²) in [7, 11) is 0. The van der Waals surface area contributed by atoms with Crippen LogP contribution < -0.4 is 11.1 Å². The molecular weight excluding hydrogens is 186 g/mol. The molecule has 0 atom stereocenters. The molecule has 0 bridgehead atoms. The highest BCUT2D eigenvalue weighted by Gasteiger charge is 2.18. The second kappa shape index (κ2) is 3.39. The molecule has 0 saturated heterocycles. The van der Waals surface area contributed by atoms with E-state index >= 15 is 0 Å². The van der Waals surface area contributed by atoms with Gasteiger partial charge in [0.15, 0.2) is 0 Å². The van der Waals surface area contributed by atoms with E-state index in [9.17, 15) is 9.59 Å². The van der Waals surface area contributed by atoms with Gasteiger partial charge in [0.05, 0.1) is 19.9 Å². The van der Waals surface area contributed by atoms with Crippen molar-refractivity contribution < 1.29 is 5.11 Å². The first-order valence-corrected chi connectivity index (χ1v) is 4.36. The maximum Gasteiger partial charge on any atom is 0.266 e. The molecule has 0 fully saturated rings. The number of fused-ring (bicyclic) bond motifs is 1. The lowest BCUT2D eigenvalue weighted by atomic mass is 10.5. The molecule has 2 heterocycles. The molecule has 0 aromatic carbocycles. The summed E-state index contributed by atoms with van der Waals surface area (Å²) in [5, 5.41) is 8.73. The Morgan fingerprint density at radius 1 is 1.14 bits per heavy atom. The topological polar surface area (TPSA) is 67.5 Å². The number of nitrogens with zero attached hydrogens (tertiary/aromatic N) is 3. The van der Waals surface area contributed by atoms with Crippen molar-refractivity contribution >= 4 is 0 Å². The van der Waals surface area contributed by atoms with Gasteiger partial charge in [-0.1, -0.05) is 0 Å². The van der Waals surface area contributed by atoms with Crippen LogP contribution in [0.4, 0.5) is 0 Å². The van der Waals surface area contributed by atoms with Crippen molar-refractivity contribution in [3.63, 3.8) is 0 Å². The van der Waals surface area contributed by atoms with Gasteiger partial charge >= 0.3 is 0 Å². The molecule has 6 heteroatoms. The van der Waals surface area contributed by atoms with E-state index in [4.69, 9.17) is 5.11 Å². The molecule has 0 spiro atoms. The monoisotopic (exact) mass is 197 g/mol. The molecule has 0 aliphatic carbocycles. The molecule has 14 heavy (non-hydrogen) atoms. The lowest BCUT2D eigenvalue weighted by molar-refractivity contribution is 0.178. The van der Waals surface area contributed by atoms with Gasteiger partial charge in [-0.05, 0) is 0 Å². The third-order valence-corrected chi connectivity index (χ3v) is 2.25. The predicted molar refractivity (Wildman–Crippen MR) is 48.8 cm³/mol. The minimum atomic E-state index is -0.190. The van der Waals surface area contributed by atoms with Crippen LogP contribution in [0.5, 0.6) is 0 Å². The molecule has 1 aromatic rings. The van der Waals surface area contributed by atoms with Gasteiger partial charge in [-0.3, -0.25) is 14.5 Å². The molecule has 1 aliphatic heterocycles. The highest BCUT2D eigenvalue weighted by molar-refractivity contribution is 4.89. The molecule has 0 amide bonds. The molecule has 1 aromatic heterocycles. The number of rotatable bonds is 2. The Morgan fingerprint density at radius 2 is 1.64 bits per heavy atom. The summed E-state index contributed by atoms with van der Waals surface area (Å²) in [5.41, 5.74) is -0.380. The third kappa shape index (κ3) is 1.38. The van der Waals surface area contributed by atoms with Crippen LogP contribution in [0.15, 0.2) is 21.7 Å². The first-order chi connectivity index (χ1) is 6.72. The quantitative estimate of drug-likeness (QED) is 0.609. The van der Waals surface area contributed by atoms with Gasteiger partial charge in [0, 0.05) is 18.7 Å². The zero-order chi connectivity index (χ0) is 10.1. The van der Waals surface area contributed by atoms with E-state index in [0.29, 0.717) is 19.9 Å². The summed E-state index contributed by atoms with van der Waals surface area (Å²) >= 11 is 0. The van der Waals surface area contributed by atoms with Crippen LogP contribution in [0.2, 0.25) is 0 Å². The zero-order valence-corrected chi connectivity index (χ0v) is 7.59. The number of hydrogen-bond donors (Lipinski definition) is 1. The van der Waals surface area contributed by atoms with Gasteiger partial charge < -0.3 is 5.11 Å². The van der Waals surface area contributed by atoms with E-state index in [-0.39, 0.29) is 17.7 Å². The highest BCUT2D eigenvalue weighted by Crippen LogP contribution is 2.00. The Morgan fingerprint density at radius 3 is 2.07 bits per heavy atom. The fourth-order valence-electron chi connectivity index (χ4n) is 1.55. The standard InChI is InChI=1S/C8H11N3O3/c12-4-3-9-5-10-7(13)1-2-8(14)11(10)6-9/h1-2,12H,3-6H2. The maximum atomic E-state index is 11.3. The Balaban J connectivity index is 2.39. The lowest BCUT2D eigenvalue weighted by Crippen LogP contribution is -2.32. The number of β-amino-alcohol motifs (C(OH)–C–C–N with tert-alkyl or cyclic N) is 1. The highest BCUT2D eigenvalue weighted by atomic mass is 16.3. The summed E-state index contributed by atoms with van der Waals surface area (Å²) in [6, 6.07) is 2.53. The van der Waals surface area contributed by atoms with Crippen LogP contribution >= 0.6 is 0 Å². The first-order valence-electron chi connectivity index (χ1n) is 4.36. The van der Waals surface area contributed by atoms with E-state index in [1.165, 1.54) is 21.5 Å². The third-order valence-electron chi connectivity index (χ3n) is 2.25. The number of aliphatic hydroxyl groups excluding tert-OH is 1. The number of aliphatic hydroxyl groups is 1. The van der Waals surface area contributed by atoms with Crippen molar-refractivity contribution in [3.05, 3.63) is 32.8 Å². The van der Waals surface area contributed by atoms with Gasteiger partial charge in [0.1, 0.15) is 0 Å². The van der Waals surface area contributed by atoms with Gasteiger partial charge in [-0.2, -0.15) is 0 Å². The Labute approximate surface area is 79.6 Å². The second-order valence-electron chi connectivity index (χ2n) is 3.21. The van der Waals surface area contributed by atoms with E-state index in [1.807, 2.05) is 4.90 Å². The van der Waals surface area contributed by atoms with E-state index in [1.54, 1.807) is 0 Å². The van der Waals surface area contributed by atoms with Crippen LogP contribution in [-0.2, 0) is 13.3 Å². The zero-order valence-electron chi connectivity index (χ0n) is 7.59. The normalized spacial score (nSPS) is 15.8. The number of hydrogen-bond acceptors (Lipinski definition) is 4. The minimum Gasteiger partial charge on any atom is -0.395 e. The van der Waals surface area contributed by atoms with Crippen molar-refractivity contribution in [2.45, 2.75) is 13.3 Å². The van der Waals surface area contributed by atoms with E-state index < -0.39 is 0 Å². The predicted octanol–water partition coefficient (Wildman–Crippen LogP) is -1.77. The SMILES string of the molecule is O=c1ccc(=O)n2n1CN(CCO)C2. The summed E-state index contributed by atoms with van der Waals surface area (Å²) in [4.78, 5) is 24.5. The molecule has 0 unspecified atom stereocenters. The van der Waals surface area contributed by atoms with Crippen LogP contribution in [-0.4, -0.2) is 32.5 Å². The Hall–Kier alpha value is -1.40. The summed E-state index contributed by atoms with van der Waals surface area (Å²) in [5.74, 6) is 0. The summed E-state index contributed by atoms with van der Waals surface area (Å²) < 4.78 is 2.75. The van der Waals surface area contributed by atoms with Crippen molar-refractivity contribution in [1.82, 2.24) is 14.3 Å². The van der Waals surface area contributed by atoms with E-state index in [2.05, 4.69) is 0 Å². The average Bonchev–Trinajstić information content (AvgIpc) is 2.57. The molecule has 2 rings (SSSR count). The molecular formula is C8H11N3O3. The fourth-order valence-corrected chi connectivity index (χ4v) is 1.55. The van der Waals surface area contributed by atoms with Gasteiger partial charge in [0.2, 0.25) is 0 Å². The van der Waals surface area contributed by atoms with Crippen LogP contribution in [0.1, 0.15) is 0 Å². The Bertz CT molecular complexity index is 409. The van der Waals surface area contributed by atoms with Crippen LogP contribution in [0, 0.1) is 0 Å². The van der Waals surface area contributed by atoms with Crippen molar-refractivity contribution in [2.24, 2.45) is 0 Å². The molecule has 76 valence electrons. The smallest absolute Gasteiger partial charge is 0.266 e. The minimum absolute atomic E-state index is 0.0253. The van der Waals surface area contributed by atoms with Gasteiger partial charge in [-0.15, -0.1) is 0 Å². The van der Waals surface area contributed by atoms with Crippen molar-refractivity contribution in [3.8, 4) is 0 Å². The fraction of sp³-hybridized carbons (Fsp3) is 0.500. The van der Waals surface area contributed by atoms with E-state index in [0.717, 1.165) is 0 Å². The first kappa shape index (κ1) is 9.17. The molecule has 0 radical (unpaired) electrons. The molecule has 1 aliphatic rings. The van der Waals surface area contributed by atoms with Crippen molar-refractivity contribution in [1.29, 1.82) is 0 Å². The number of aromatic nitrogens is 2. The summed E-state index contributed by atoms with van der Waals surface area (Å²) in [6.45, 7) is 1.23. The lowest BCUT2D eigenvalue weighted by Gasteiger charge is -2.09. The molecule has 6 nitrogen and oxygen atoms in total. The van der Waals surface area contributed by atoms with Crippen LogP contribution in [0.25, 0.3) is 0 Å². The summed E-state index contributed by atoms with van der Waals surface area (Å²) in [6.07, 6.45) is 0. The maximum absolute atomic E-state index is 11.3. The van der Waals surface area contributed by atoms with Crippen LogP contribution in [0.3, 0.4) is 0 Å².